The zero-order valence-corrected chi connectivity index (χ0v) is 9.80. The number of fused-ring (bicyclic) bond motifs is 1. The molecule has 2 aromatic heterocycles. The summed E-state index contributed by atoms with van der Waals surface area (Å²) in [5, 5.41) is 4.24. The number of dihydropyridines is 1. The van der Waals surface area contributed by atoms with Crippen LogP contribution in [0.3, 0.4) is 0 Å². The molecule has 4 heteroatoms. The van der Waals surface area contributed by atoms with E-state index in [1.807, 2.05) is 35.0 Å². The fourth-order valence-electron chi connectivity index (χ4n) is 1.88. The van der Waals surface area contributed by atoms with Crippen LogP contribution in [0, 0.1) is 11.8 Å². The lowest BCUT2D eigenvalue weighted by atomic mass is 10.1. The Morgan fingerprint density at radius 1 is 1.28 bits per heavy atom. The standard InChI is InChI=1S/C14H12N4/c15-14-9-11(6-7-16-14)4-5-12-10-17-18-8-2-1-3-13(12)18/h1-3,8-10H,6-7H2,(H2,15,16). The van der Waals surface area contributed by atoms with Crippen LogP contribution in [0.2, 0.25) is 0 Å². The molecule has 0 aliphatic carbocycles. The molecule has 0 unspecified atom stereocenters. The first-order chi connectivity index (χ1) is 8.83. The Morgan fingerprint density at radius 2 is 2.22 bits per heavy atom. The molecule has 18 heavy (non-hydrogen) atoms. The molecule has 0 aromatic carbocycles. The number of aromatic nitrogens is 2. The van der Waals surface area contributed by atoms with E-state index >= 15 is 0 Å². The molecule has 0 spiro atoms. The molecule has 2 N–H and O–H groups in total. The van der Waals surface area contributed by atoms with Crippen molar-refractivity contribution >= 4 is 11.4 Å². The first-order valence-electron chi connectivity index (χ1n) is 5.78. The summed E-state index contributed by atoms with van der Waals surface area (Å²) in [4.78, 5) is 4.11. The van der Waals surface area contributed by atoms with Gasteiger partial charge in [0.1, 0.15) is 5.84 Å². The van der Waals surface area contributed by atoms with Crippen LogP contribution in [0.25, 0.3) is 5.52 Å². The molecular formula is C14H12N4. The van der Waals surface area contributed by atoms with E-state index in [2.05, 4.69) is 21.9 Å². The highest BCUT2D eigenvalue weighted by Crippen LogP contribution is 2.10. The number of hydrogen-bond acceptors (Lipinski definition) is 3. The molecule has 2 aromatic rings. The highest BCUT2D eigenvalue weighted by atomic mass is 15.2. The van der Waals surface area contributed by atoms with Gasteiger partial charge in [0.2, 0.25) is 0 Å². The number of nitrogens with zero attached hydrogens (tertiary/aromatic N) is 3. The third-order valence-corrected chi connectivity index (χ3v) is 2.78. The molecule has 4 nitrogen and oxygen atoms in total. The van der Waals surface area contributed by atoms with E-state index in [0.717, 1.165) is 29.6 Å². The summed E-state index contributed by atoms with van der Waals surface area (Å²) in [7, 11) is 0. The normalized spacial score (nSPS) is 14.7. The Morgan fingerprint density at radius 3 is 3.11 bits per heavy atom. The monoisotopic (exact) mass is 236 g/mol. The lowest BCUT2D eigenvalue weighted by Crippen LogP contribution is -2.13. The average molecular weight is 236 g/mol. The van der Waals surface area contributed by atoms with Gasteiger partial charge in [-0.1, -0.05) is 17.9 Å². The molecule has 88 valence electrons. The minimum Gasteiger partial charge on any atom is -0.384 e. The van der Waals surface area contributed by atoms with Crippen LogP contribution in [0.15, 0.2) is 47.2 Å². The van der Waals surface area contributed by atoms with Gasteiger partial charge >= 0.3 is 0 Å². The lowest BCUT2D eigenvalue weighted by molar-refractivity contribution is 0.961. The fourth-order valence-corrected chi connectivity index (χ4v) is 1.88. The maximum absolute atomic E-state index is 5.65. The number of nitrogens with two attached hydrogens (primary N) is 1. The van der Waals surface area contributed by atoms with Crippen molar-refractivity contribution in [2.24, 2.45) is 10.7 Å². The van der Waals surface area contributed by atoms with Crippen molar-refractivity contribution in [1.29, 1.82) is 0 Å². The second-order valence-corrected chi connectivity index (χ2v) is 4.06. The van der Waals surface area contributed by atoms with Gasteiger partial charge in [0.05, 0.1) is 17.3 Å². The Labute approximate surface area is 105 Å². The van der Waals surface area contributed by atoms with Crippen LogP contribution in [0.1, 0.15) is 12.0 Å². The van der Waals surface area contributed by atoms with Crippen molar-refractivity contribution in [2.75, 3.05) is 6.54 Å². The zero-order valence-electron chi connectivity index (χ0n) is 9.80. The van der Waals surface area contributed by atoms with Crippen molar-refractivity contribution in [2.45, 2.75) is 6.42 Å². The van der Waals surface area contributed by atoms with E-state index < -0.39 is 0 Å². The summed E-state index contributed by atoms with van der Waals surface area (Å²) < 4.78 is 1.81. The minimum absolute atomic E-state index is 0.561. The van der Waals surface area contributed by atoms with Crippen LogP contribution in [-0.4, -0.2) is 22.0 Å². The predicted molar refractivity (Wildman–Crippen MR) is 71.3 cm³/mol. The van der Waals surface area contributed by atoms with E-state index in [1.54, 1.807) is 6.20 Å². The zero-order chi connectivity index (χ0) is 12.4. The lowest BCUT2D eigenvalue weighted by Gasteiger charge is -2.03. The summed E-state index contributed by atoms with van der Waals surface area (Å²) in [5.74, 6) is 6.85. The van der Waals surface area contributed by atoms with Gasteiger partial charge in [0, 0.05) is 24.7 Å². The van der Waals surface area contributed by atoms with Crippen molar-refractivity contribution in [1.82, 2.24) is 9.61 Å². The van der Waals surface area contributed by atoms with Crippen LogP contribution in [0.4, 0.5) is 0 Å². The Balaban J connectivity index is 1.96. The van der Waals surface area contributed by atoms with Crippen molar-refractivity contribution in [3.8, 4) is 11.8 Å². The van der Waals surface area contributed by atoms with Crippen LogP contribution >= 0.6 is 0 Å². The van der Waals surface area contributed by atoms with Crippen molar-refractivity contribution in [3.63, 3.8) is 0 Å². The topological polar surface area (TPSA) is 55.7 Å². The summed E-state index contributed by atoms with van der Waals surface area (Å²) in [6.07, 6.45) is 6.38. The van der Waals surface area contributed by atoms with Gasteiger partial charge < -0.3 is 5.73 Å². The summed E-state index contributed by atoms with van der Waals surface area (Å²) in [5.41, 5.74) is 8.62. The maximum Gasteiger partial charge on any atom is 0.119 e. The highest BCUT2D eigenvalue weighted by Gasteiger charge is 2.02. The summed E-state index contributed by atoms with van der Waals surface area (Å²) >= 11 is 0. The van der Waals surface area contributed by atoms with E-state index in [0.29, 0.717) is 5.84 Å². The van der Waals surface area contributed by atoms with E-state index in [-0.39, 0.29) is 0 Å². The largest absolute Gasteiger partial charge is 0.384 e. The van der Waals surface area contributed by atoms with Gasteiger partial charge in [0.15, 0.2) is 0 Å². The first-order valence-corrected chi connectivity index (χ1v) is 5.78. The molecule has 0 bridgehead atoms. The van der Waals surface area contributed by atoms with Gasteiger partial charge in [-0.3, -0.25) is 4.99 Å². The number of hydrogen-bond donors (Lipinski definition) is 1. The van der Waals surface area contributed by atoms with Crippen molar-refractivity contribution < 1.29 is 0 Å². The summed E-state index contributed by atoms with van der Waals surface area (Å²) in [6.45, 7) is 0.723. The second kappa shape index (κ2) is 4.38. The molecule has 1 aliphatic rings. The summed E-state index contributed by atoms with van der Waals surface area (Å²) in [6, 6.07) is 5.92. The van der Waals surface area contributed by atoms with E-state index in [1.165, 1.54) is 0 Å². The maximum atomic E-state index is 5.65. The van der Waals surface area contributed by atoms with Gasteiger partial charge in [-0.25, -0.2) is 4.52 Å². The van der Waals surface area contributed by atoms with Gasteiger partial charge in [0.25, 0.3) is 0 Å². The third kappa shape index (κ3) is 1.98. The average Bonchev–Trinajstić information content (AvgIpc) is 2.80. The molecule has 3 rings (SSSR count). The third-order valence-electron chi connectivity index (χ3n) is 2.78. The minimum atomic E-state index is 0.561. The molecule has 0 fully saturated rings. The van der Waals surface area contributed by atoms with E-state index in [4.69, 9.17) is 5.73 Å². The number of pyridine rings is 1. The van der Waals surface area contributed by atoms with Gasteiger partial charge in [-0.2, -0.15) is 5.10 Å². The Hall–Kier alpha value is -2.54. The number of aliphatic imine (C=N–C) groups is 1. The van der Waals surface area contributed by atoms with Gasteiger partial charge in [-0.15, -0.1) is 0 Å². The quantitative estimate of drug-likeness (QED) is 0.702. The molecule has 3 heterocycles. The Bertz CT molecular complexity index is 710. The molecule has 0 radical (unpaired) electrons. The number of rotatable bonds is 0. The smallest absolute Gasteiger partial charge is 0.119 e. The molecule has 0 amide bonds. The highest BCUT2D eigenvalue weighted by molar-refractivity contribution is 5.93. The van der Waals surface area contributed by atoms with Gasteiger partial charge in [-0.05, 0) is 18.2 Å². The van der Waals surface area contributed by atoms with Crippen LogP contribution < -0.4 is 5.73 Å². The number of amidine groups is 1. The fraction of sp³-hybridized carbons (Fsp3) is 0.143. The van der Waals surface area contributed by atoms with Crippen LogP contribution in [0.5, 0.6) is 0 Å². The SMILES string of the molecule is NC1=NCCC(C#Cc2cnn3ccccc23)=C1. The van der Waals surface area contributed by atoms with Crippen LogP contribution in [-0.2, 0) is 0 Å². The Kier molecular flexibility index (Phi) is 2.58. The van der Waals surface area contributed by atoms with E-state index in [9.17, 15) is 0 Å². The molecule has 1 aliphatic heterocycles. The molecular weight excluding hydrogens is 224 g/mol. The molecule has 0 saturated carbocycles. The second-order valence-electron chi connectivity index (χ2n) is 4.06. The van der Waals surface area contributed by atoms with Crippen molar-refractivity contribution in [3.05, 3.63) is 47.8 Å². The predicted octanol–water partition coefficient (Wildman–Crippen LogP) is 1.37. The molecule has 0 atom stereocenters. The molecule has 0 saturated heterocycles. The first kappa shape index (κ1) is 10.6.